The van der Waals surface area contributed by atoms with Gasteiger partial charge in [0.2, 0.25) is 5.91 Å². The third-order valence-corrected chi connectivity index (χ3v) is 4.48. The number of imide groups is 1. The Labute approximate surface area is 124 Å². The van der Waals surface area contributed by atoms with Gasteiger partial charge in [-0.05, 0) is 32.7 Å². The summed E-state index contributed by atoms with van der Waals surface area (Å²) in [4.78, 5) is 38.1. The molecule has 2 rings (SSSR count). The molecule has 2 saturated heterocycles. The van der Waals surface area contributed by atoms with Crippen molar-refractivity contribution in [2.24, 2.45) is 0 Å². The number of carbonyl (C=O) groups is 3. The highest BCUT2D eigenvalue weighted by Crippen LogP contribution is 2.28. The van der Waals surface area contributed by atoms with Crippen LogP contribution in [0.2, 0.25) is 0 Å². The van der Waals surface area contributed by atoms with Gasteiger partial charge in [0, 0.05) is 38.0 Å². The molecule has 2 aliphatic heterocycles. The van der Waals surface area contributed by atoms with Crippen molar-refractivity contribution in [2.75, 3.05) is 20.1 Å². The van der Waals surface area contributed by atoms with Gasteiger partial charge in [0.25, 0.3) is 0 Å². The number of rotatable bonds is 4. The van der Waals surface area contributed by atoms with Crippen LogP contribution in [0.25, 0.3) is 0 Å². The molecule has 3 amide bonds. The van der Waals surface area contributed by atoms with Crippen LogP contribution in [-0.4, -0.2) is 65.0 Å². The van der Waals surface area contributed by atoms with E-state index in [0.717, 1.165) is 12.8 Å². The predicted molar refractivity (Wildman–Crippen MR) is 75.8 cm³/mol. The summed E-state index contributed by atoms with van der Waals surface area (Å²) in [5.74, 6) is -1.33. The van der Waals surface area contributed by atoms with Crippen LogP contribution in [0, 0.1) is 0 Å². The number of likely N-dealkylation sites (tertiary alicyclic amines) is 1. The van der Waals surface area contributed by atoms with Crippen LogP contribution < -0.4 is 5.32 Å². The van der Waals surface area contributed by atoms with E-state index in [4.69, 9.17) is 5.11 Å². The standard InChI is InChI=1S/C14H23N3O4/c1-16-10-5-6-11(16)9-17(8-7-10)14(21)15-12(18)3-2-4-13(19)20/h10-11H,2-9H2,1H3,(H,19,20)(H,15,18,21). The molecule has 2 aliphatic rings. The lowest BCUT2D eigenvalue weighted by Gasteiger charge is -2.25. The first-order chi connectivity index (χ1) is 9.97. The van der Waals surface area contributed by atoms with Crippen molar-refractivity contribution in [3.05, 3.63) is 0 Å². The summed E-state index contributed by atoms with van der Waals surface area (Å²) in [7, 11) is 2.10. The number of hydrogen-bond acceptors (Lipinski definition) is 4. The van der Waals surface area contributed by atoms with Gasteiger partial charge in [-0.25, -0.2) is 4.79 Å². The minimum Gasteiger partial charge on any atom is -0.481 e. The molecule has 118 valence electrons. The maximum absolute atomic E-state index is 12.1. The van der Waals surface area contributed by atoms with Gasteiger partial charge in [-0.3, -0.25) is 19.8 Å². The van der Waals surface area contributed by atoms with Crippen molar-refractivity contribution >= 4 is 17.9 Å². The summed E-state index contributed by atoms with van der Waals surface area (Å²) in [6.07, 6.45) is 3.48. The molecule has 0 aromatic carbocycles. The Morgan fingerprint density at radius 2 is 1.86 bits per heavy atom. The number of aliphatic carboxylic acids is 1. The smallest absolute Gasteiger partial charge is 0.324 e. The van der Waals surface area contributed by atoms with E-state index in [9.17, 15) is 14.4 Å². The van der Waals surface area contributed by atoms with E-state index in [0.29, 0.717) is 25.2 Å². The Kier molecular flexibility index (Phi) is 5.17. The van der Waals surface area contributed by atoms with E-state index < -0.39 is 11.9 Å². The fourth-order valence-corrected chi connectivity index (χ4v) is 3.15. The second kappa shape index (κ2) is 6.89. The number of hydrogen-bond donors (Lipinski definition) is 2. The molecular formula is C14H23N3O4. The second-order valence-electron chi connectivity index (χ2n) is 5.89. The molecule has 2 atom stereocenters. The van der Waals surface area contributed by atoms with Crippen LogP contribution in [0.15, 0.2) is 0 Å². The normalized spacial score (nSPS) is 25.5. The number of carboxylic acid groups (broad SMARTS) is 1. The maximum Gasteiger partial charge on any atom is 0.324 e. The number of likely N-dealkylation sites (N-methyl/N-ethyl adjacent to an activating group) is 1. The molecule has 0 radical (unpaired) electrons. The largest absolute Gasteiger partial charge is 0.481 e. The summed E-state index contributed by atoms with van der Waals surface area (Å²) >= 11 is 0. The molecule has 0 saturated carbocycles. The fourth-order valence-electron chi connectivity index (χ4n) is 3.15. The van der Waals surface area contributed by atoms with E-state index in [2.05, 4.69) is 17.3 Å². The van der Waals surface area contributed by atoms with Crippen molar-refractivity contribution in [3.8, 4) is 0 Å². The molecule has 0 aliphatic carbocycles. The first kappa shape index (κ1) is 15.8. The van der Waals surface area contributed by atoms with E-state index >= 15 is 0 Å². The van der Waals surface area contributed by atoms with Gasteiger partial charge in [0.1, 0.15) is 0 Å². The number of urea groups is 1. The van der Waals surface area contributed by atoms with Crippen LogP contribution in [0.3, 0.4) is 0 Å². The quantitative estimate of drug-likeness (QED) is 0.795. The van der Waals surface area contributed by atoms with Gasteiger partial charge in [0.05, 0.1) is 0 Å². The Hall–Kier alpha value is -1.63. The first-order valence-electron chi connectivity index (χ1n) is 7.50. The Balaban J connectivity index is 1.78. The molecule has 21 heavy (non-hydrogen) atoms. The van der Waals surface area contributed by atoms with E-state index in [1.807, 2.05) is 0 Å². The molecule has 7 nitrogen and oxygen atoms in total. The SMILES string of the molecule is CN1C2CCC1CN(C(=O)NC(=O)CCCC(=O)O)CC2. The van der Waals surface area contributed by atoms with Gasteiger partial charge in [-0.15, -0.1) is 0 Å². The number of carboxylic acids is 1. The molecule has 0 spiro atoms. The summed E-state index contributed by atoms with van der Waals surface area (Å²) in [6.45, 7) is 1.32. The Morgan fingerprint density at radius 1 is 1.14 bits per heavy atom. The van der Waals surface area contributed by atoms with Crippen LogP contribution in [0.5, 0.6) is 0 Å². The highest BCUT2D eigenvalue weighted by atomic mass is 16.4. The van der Waals surface area contributed by atoms with Crippen LogP contribution in [0.4, 0.5) is 4.79 Å². The zero-order valence-corrected chi connectivity index (χ0v) is 12.4. The summed E-state index contributed by atoms with van der Waals surface area (Å²) in [6, 6.07) is 0.570. The third kappa shape index (κ3) is 4.17. The van der Waals surface area contributed by atoms with Gasteiger partial charge in [-0.2, -0.15) is 0 Å². The maximum atomic E-state index is 12.1. The Morgan fingerprint density at radius 3 is 2.57 bits per heavy atom. The molecule has 2 unspecified atom stereocenters. The van der Waals surface area contributed by atoms with Crippen molar-refractivity contribution in [1.82, 2.24) is 15.1 Å². The second-order valence-corrected chi connectivity index (χ2v) is 5.89. The summed E-state index contributed by atoms with van der Waals surface area (Å²) in [5.41, 5.74) is 0. The van der Waals surface area contributed by atoms with Crippen molar-refractivity contribution in [1.29, 1.82) is 0 Å². The van der Waals surface area contributed by atoms with Gasteiger partial charge in [0.15, 0.2) is 0 Å². The van der Waals surface area contributed by atoms with E-state index in [-0.39, 0.29) is 25.3 Å². The molecule has 2 heterocycles. The summed E-state index contributed by atoms with van der Waals surface area (Å²) < 4.78 is 0. The fraction of sp³-hybridized carbons (Fsp3) is 0.786. The zero-order chi connectivity index (χ0) is 15.4. The molecule has 0 aromatic rings. The lowest BCUT2D eigenvalue weighted by molar-refractivity contribution is -0.137. The van der Waals surface area contributed by atoms with E-state index in [1.165, 1.54) is 6.42 Å². The van der Waals surface area contributed by atoms with Gasteiger partial charge < -0.3 is 10.0 Å². The number of nitrogens with one attached hydrogen (secondary N) is 1. The number of fused-ring (bicyclic) bond motifs is 2. The van der Waals surface area contributed by atoms with Crippen LogP contribution >= 0.6 is 0 Å². The van der Waals surface area contributed by atoms with E-state index in [1.54, 1.807) is 4.90 Å². The lowest BCUT2D eigenvalue weighted by atomic mass is 10.1. The Bertz CT molecular complexity index is 426. The summed E-state index contributed by atoms with van der Waals surface area (Å²) in [5, 5.41) is 10.9. The average molecular weight is 297 g/mol. The molecule has 2 N–H and O–H groups in total. The van der Waals surface area contributed by atoms with Crippen LogP contribution in [0.1, 0.15) is 38.5 Å². The monoisotopic (exact) mass is 297 g/mol. The minimum absolute atomic E-state index is 0.0557. The molecule has 2 bridgehead atoms. The highest BCUT2D eigenvalue weighted by Gasteiger charge is 2.36. The lowest BCUT2D eigenvalue weighted by Crippen LogP contribution is -2.46. The minimum atomic E-state index is -0.930. The van der Waals surface area contributed by atoms with Crippen molar-refractivity contribution in [3.63, 3.8) is 0 Å². The highest BCUT2D eigenvalue weighted by molar-refractivity contribution is 5.94. The third-order valence-electron chi connectivity index (χ3n) is 4.48. The van der Waals surface area contributed by atoms with Gasteiger partial charge >= 0.3 is 12.0 Å². The van der Waals surface area contributed by atoms with Gasteiger partial charge in [-0.1, -0.05) is 0 Å². The van der Waals surface area contributed by atoms with Crippen molar-refractivity contribution < 1.29 is 19.5 Å². The topological polar surface area (TPSA) is 90.0 Å². The molecule has 7 heteroatoms. The van der Waals surface area contributed by atoms with Crippen molar-refractivity contribution in [2.45, 2.75) is 50.6 Å². The molecule has 0 aromatic heterocycles. The number of amides is 3. The number of carbonyl (C=O) groups excluding carboxylic acids is 2. The zero-order valence-electron chi connectivity index (χ0n) is 12.4. The van der Waals surface area contributed by atoms with Crippen LogP contribution in [-0.2, 0) is 9.59 Å². The molecular weight excluding hydrogens is 274 g/mol. The molecule has 2 fully saturated rings. The average Bonchev–Trinajstić information content (AvgIpc) is 2.62. The predicted octanol–water partition coefficient (Wildman–Crippen LogP) is 0.646. The number of nitrogens with zero attached hydrogens (tertiary/aromatic N) is 2. The first-order valence-corrected chi connectivity index (χ1v) is 7.50.